The predicted octanol–water partition coefficient (Wildman–Crippen LogP) is -0.286. The first kappa shape index (κ1) is 88.0. The first-order valence-corrected chi connectivity index (χ1v) is 41.1. The van der Waals surface area contributed by atoms with E-state index in [4.69, 9.17) is 131 Å². The minimum atomic E-state index is -3.70. The molecular weight excluding hydrogens is 1400 g/mol. The fourth-order valence-corrected chi connectivity index (χ4v) is 13.5. The molecule has 0 bridgehead atoms. The number of carbonyl (C=O) groups excluding carboxylic acids is 1. The van der Waals surface area contributed by atoms with Crippen molar-refractivity contribution in [2.45, 2.75) is 165 Å². The summed E-state index contributed by atoms with van der Waals surface area (Å²) in [4.78, 5) is 54.0. The average Bonchev–Trinajstić information content (AvgIpc) is 0.857. The third-order valence-corrected chi connectivity index (χ3v) is 21.1. The van der Waals surface area contributed by atoms with Gasteiger partial charge in [0.1, 0.15) is 48.8 Å². The summed E-state index contributed by atoms with van der Waals surface area (Å²) in [6.45, 7) is -10.5. The molecule has 3 rings (SSSR count). The number of hydrogen-bond donors (Lipinski definition) is 14. The van der Waals surface area contributed by atoms with Crippen LogP contribution >= 0.6 is 26.9 Å². The van der Waals surface area contributed by atoms with Gasteiger partial charge in [-0.1, -0.05) is 13.8 Å². The van der Waals surface area contributed by atoms with E-state index < -0.39 is 150 Å². The number of ether oxygens (including phenoxy) is 10. The lowest BCUT2D eigenvalue weighted by atomic mass is 9.92. The van der Waals surface area contributed by atoms with E-state index in [9.17, 15) is 70.3 Å². The van der Waals surface area contributed by atoms with E-state index in [1.807, 2.05) is 0 Å². The molecule has 0 saturated carbocycles. The molecule has 0 aromatic rings. The first-order valence-electron chi connectivity index (χ1n) is 30.8. The Kier molecular flexibility index (Phi) is 44.7. The minimum absolute atomic E-state index is 0.00815. The highest BCUT2D eigenvalue weighted by Crippen LogP contribution is 2.46. The molecule has 0 radical (unpaired) electrons. The second-order valence-electron chi connectivity index (χ2n) is 22.3. The summed E-state index contributed by atoms with van der Waals surface area (Å²) in [5.41, 5.74) is -0.981. The molecule has 0 aromatic heterocycles. The van der Waals surface area contributed by atoms with Crippen molar-refractivity contribution in [3.63, 3.8) is 0 Å². The Labute approximate surface area is 564 Å². The molecule has 20 atom stereocenters. The molecule has 11 unspecified atom stereocenters. The maximum atomic E-state index is 11.7. The van der Waals surface area contributed by atoms with Crippen LogP contribution in [-0.4, -0.2) is 297 Å². The lowest BCUT2D eigenvalue weighted by molar-refractivity contribution is -0.282. The van der Waals surface area contributed by atoms with Crippen molar-refractivity contribution >= 4 is 80.0 Å². The van der Waals surface area contributed by atoms with Crippen molar-refractivity contribution in [3.05, 3.63) is 0 Å². The molecule has 33 nitrogen and oxygen atoms in total. The molecule has 3 aliphatic rings. The van der Waals surface area contributed by atoms with Gasteiger partial charge in [-0.2, -0.15) is 0 Å². The van der Waals surface area contributed by atoms with Crippen LogP contribution in [0.2, 0.25) is 0 Å². The van der Waals surface area contributed by atoms with Gasteiger partial charge in [-0.3, -0.25) is 4.79 Å². The summed E-state index contributed by atoms with van der Waals surface area (Å²) in [7, 11) is 1.26. The van der Waals surface area contributed by atoms with Crippen LogP contribution in [0.1, 0.15) is 85.0 Å². The summed E-state index contributed by atoms with van der Waals surface area (Å²) in [5.74, 6) is -1.63. The second kappa shape index (κ2) is 47.2. The van der Waals surface area contributed by atoms with Crippen LogP contribution in [0.5, 0.6) is 0 Å². The zero-order chi connectivity index (χ0) is 69.1. The molecule has 3 fully saturated rings. The van der Waals surface area contributed by atoms with Crippen molar-refractivity contribution in [3.8, 4) is 0 Å². The normalized spacial score (nSPS) is 30.2. The van der Waals surface area contributed by atoms with Gasteiger partial charge in [-0.25, -0.2) is 0 Å². The van der Waals surface area contributed by atoms with Crippen molar-refractivity contribution in [2.75, 3.05) is 146 Å². The largest absolute Gasteiger partial charge is 0.394 e. The smallest absolute Gasteiger partial charge is 0.324 e. The Morgan fingerprint density at radius 1 is 0.409 bits per heavy atom. The highest BCUT2D eigenvalue weighted by molar-refractivity contribution is 8.08. The summed E-state index contributed by atoms with van der Waals surface area (Å²) < 4.78 is 102. The fraction of sp³-hybridized carbons (Fsp3) is 0.981. The molecule has 1 amide bonds. The monoisotopic (exact) mass is 1510 g/mol. The lowest BCUT2D eigenvalue weighted by Crippen LogP contribution is -2.64. The molecule has 0 aromatic carbocycles. The van der Waals surface area contributed by atoms with Crippen LogP contribution in [0.25, 0.3) is 0 Å². The SMILES string of the molecule is COP(O)(=S)OCCCCOCC(COCCCOP(O)(=S)OCCCCO[C@@H]1OC(CO)[C@H](O)[C@H](O)C1C)(COCCCOP(O)(=S)OCCCCO[C@@H]1OC(CO)[C@H](O)[C@H](O)C1NC(C)=O)COCCCOP(O)(=S)OCCCO[C@@H]1OC(CO)[C@H](O)[C@H](O)C1C. The highest BCUT2D eigenvalue weighted by atomic mass is 32.5. The maximum absolute atomic E-state index is 11.7. The molecule has 3 saturated heterocycles. The number of aliphatic hydroxyl groups is 9. The van der Waals surface area contributed by atoms with Crippen LogP contribution < -0.4 is 5.32 Å². The zero-order valence-corrected chi connectivity index (χ0v) is 59.9. The summed E-state index contributed by atoms with van der Waals surface area (Å²) >= 11 is 20.6. The van der Waals surface area contributed by atoms with E-state index >= 15 is 0 Å². The van der Waals surface area contributed by atoms with Crippen LogP contribution in [0.4, 0.5) is 0 Å². The summed E-state index contributed by atoms with van der Waals surface area (Å²) in [6, 6.07) is -1.10. The number of amides is 1. The van der Waals surface area contributed by atoms with E-state index in [-0.39, 0.29) is 145 Å². The molecule has 3 aliphatic heterocycles. The number of rotatable bonds is 54. The van der Waals surface area contributed by atoms with E-state index in [1.54, 1.807) is 13.8 Å². The Balaban J connectivity index is 1.56. The Morgan fingerprint density at radius 3 is 1.02 bits per heavy atom. The standard InChI is InChI=1S/C52H103NO32P4S4/c1-36-43(58)45(60)39(29-54)83-49(36)73-19-6-9-23-77-87(65,91)79-25-11-16-70-33-52(32-69-15-5-8-22-76-86(64,90)68-4,35-72-18-13-27-81-89(67,93)82-28-14-21-74-50-37(2)44(59)46(61)40(30-55)84-50)34-71-17-12-26-80-88(66,92)78-24-10-7-20-75-51-42(53-38(3)57)48(63)47(62)41(31-56)85-51/h36-37,39-51,54-56,58-63H,5-35H2,1-4H3,(H,53,57)(H,64,90)(H,65,91)(H,66,92)(H,67,93)/t36?,37?,39?,40?,41?,42?,43-,44-,45+,46+,47+,48-,49-,50-,51-,52?,86?,87?,88?,89?/m1/s1. The Bertz CT molecular complexity index is 2220. The summed E-state index contributed by atoms with van der Waals surface area (Å²) in [5, 5.41) is 92.6. The fourth-order valence-electron chi connectivity index (χ4n) is 9.12. The molecule has 3 heterocycles. The molecule has 0 spiro atoms. The quantitative estimate of drug-likeness (QED) is 0.0275. The Hall–Kier alpha value is 0.830. The molecule has 0 aliphatic carbocycles. The van der Waals surface area contributed by atoms with Gasteiger partial charge in [-0.05, 0) is 111 Å². The van der Waals surface area contributed by atoms with Crippen molar-refractivity contribution in [1.82, 2.24) is 5.32 Å². The van der Waals surface area contributed by atoms with Gasteiger partial charge in [0.05, 0.1) is 117 Å². The van der Waals surface area contributed by atoms with E-state index in [2.05, 4.69) is 5.32 Å². The minimum Gasteiger partial charge on any atom is -0.394 e. The number of hydrogen-bond acceptors (Lipinski definition) is 32. The van der Waals surface area contributed by atoms with Gasteiger partial charge in [-0.15, -0.1) is 0 Å². The van der Waals surface area contributed by atoms with Crippen LogP contribution in [0, 0.1) is 17.3 Å². The average molecular weight is 1510 g/mol. The zero-order valence-electron chi connectivity index (χ0n) is 53.1. The molecular formula is C52H103NO32P4S4. The lowest BCUT2D eigenvalue weighted by Gasteiger charge is -2.42. The van der Waals surface area contributed by atoms with Gasteiger partial charge >= 0.3 is 26.9 Å². The Morgan fingerprint density at radius 2 is 0.677 bits per heavy atom. The van der Waals surface area contributed by atoms with Crippen LogP contribution in [-0.2, 0) is 136 Å². The van der Waals surface area contributed by atoms with Crippen molar-refractivity contribution in [1.29, 1.82) is 0 Å². The molecule has 41 heteroatoms. The predicted molar refractivity (Wildman–Crippen MR) is 344 cm³/mol. The molecule has 552 valence electrons. The van der Waals surface area contributed by atoms with Gasteiger partial charge in [0, 0.05) is 65.5 Å². The van der Waals surface area contributed by atoms with Crippen LogP contribution in [0.3, 0.4) is 0 Å². The van der Waals surface area contributed by atoms with E-state index in [1.165, 1.54) is 14.0 Å². The third-order valence-electron chi connectivity index (χ3n) is 14.5. The third kappa shape index (κ3) is 35.0. The summed E-state index contributed by atoms with van der Waals surface area (Å²) in [6.07, 6.45) is -10.2. The molecule has 14 N–H and O–H groups in total. The van der Waals surface area contributed by atoms with Gasteiger partial charge in [0.2, 0.25) is 5.91 Å². The molecule has 93 heavy (non-hydrogen) atoms. The number of unbranched alkanes of at least 4 members (excludes halogenated alkanes) is 3. The number of nitrogens with one attached hydrogen (secondary N) is 1. The van der Waals surface area contributed by atoms with Gasteiger partial charge in [0.25, 0.3) is 0 Å². The van der Waals surface area contributed by atoms with Crippen molar-refractivity contribution < 1.29 is 154 Å². The van der Waals surface area contributed by atoms with E-state index in [0.29, 0.717) is 38.5 Å². The topological polar surface area (TPSA) is 458 Å². The highest BCUT2D eigenvalue weighted by Gasteiger charge is 2.46. The number of carbonyl (C=O) groups is 1. The first-order chi connectivity index (χ1) is 44.1. The van der Waals surface area contributed by atoms with E-state index in [0.717, 1.165) is 0 Å². The van der Waals surface area contributed by atoms with Gasteiger partial charge < -0.3 is 154 Å². The van der Waals surface area contributed by atoms with Crippen molar-refractivity contribution in [2.24, 2.45) is 17.3 Å². The number of aliphatic hydroxyl groups excluding tert-OH is 9. The maximum Gasteiger partial charge on any atom is 0.324 e. The second-order valence-corrected chi connectivity index (χ2v) is 33.8. The van der Waals surface area contributed by atoms with Gasteiger partial charge in [0.15, 0.2) is 18.9 Å². The van der Waals surface area contributed by atoms with Crippen LogP contribution in [0.15, 0.2) is 0 Å².